The Hall–Kier alpha value is -1.32. The van der Waals surface area contributed by atoms with Gasteiger partial charge in [-0.3, -0.25) is 4.99 Å². The predicted molar refractivity (Wildman–Crippen MR) is 66.3 cm³/mol. The lowest BCUT2D eigenvalue weighted by molar-refractivity contribution is -0.138. The molecule has 92 valence electrons. The number of amidine groups is 1. The highest BCUT2D eigenvalue weighted by molar-refractivity contribution is 5.96. The van der Waals surface area contributed by atoms with Crippen molar-refractivity contribution in [2.75, 3.05) is 13.7 Å². The number of hydrogen-bond donors (Lipinski definition) is 1. The fraction of sp³-hybridized carbons (Fsp3) is 0.667. The van der Waals surface area contributed by atoms with E-state index in [0.717, 1.165) is 12.3 Å². The van der Waals surface area contributed by atoms with E-state index in [0.29, 0.717) is 18.2 Å². The molecule has 0 radical (unpaired) electrons. The molecule has 0 aliphatic carbocycles. The first-order valence-corrected chi connectivity index (χ1v) is 5.67. The van der Waals surface area contributed by atoms with Gasteiger partial charge in [-0.2, -0.15) is 0 Å². The molecule has 0 saturated carbocycles. The maximum atomic E-state index is 11.5. The molecule has 0 heterocycles. The molecule has 1 unspecified atom stereocenters. The van der Waals surface area contributed by atoms with Gasteiger partial charge in [0.25, 0.3) is 0 Å². The van der Waals surface area contributed by atoms with Gasteiger partial charge in [-0.15, -0.1) is 0 Å². The van der Waals surface area contributed by atoms with E-state index < -0.39 is 0 Å². The average molecular weight is 226 g/mol. The first-order chi connectivity index (χ1) is 7.60. The molecule has 16 heavy (non-hydrogen) atoms. The number of aliphatic imine (C=N–C) groups is 1. The highest BCUT2D eigenvalue weighted by Gasteiger charge is 2.14. The summed E-state index contributed by atoms with van der Waals surface area (Å²) in [6.07, 6.45) is 2.67. The molecule has 0 aromatic carbocycles. The highest BCUT2D eigenvalue weighted by Crippen LogP contribution is 2.04. The van der Waals surface area contributed by atoms with E-state index in [1.54, 1.807) is 27.0 Å². The number of allylic oxidation sites excluding steroid dienone is 1. The third-order valence-corrected chi connectivity index (χ3v) is 2.37. The Labute approximate surface area is 97.8 Å². The van der Waals surface area contributed by atoms with Gasteiger partial charge in [-0.05, 0) is 20.3 Å². The Morgan fingerprint density at radius 1 is 1.50 bits per heavy atom. The summed E-state index contributed by atoms with van der Waals surface area (Å²) in [5.74, 6) is 0.771. The normalized spacial score (nSPS) is 14.6. The third kappa shape index (κ3) is 4.47. The van der Waals surface area contributed by atoms with Crippen molar-refractivity contribution in [2.45, 2.75) is 34.1 Å². The molecule has 1 N–H and O–H groups in total. The van der Waals surface area contributed by atoms with Crippen LogP contribution in [0.25, 0.3) is 0 Å². The van der Waals surface area contributed by atoms with E-state index in [2.05, 4.69) is 24.2 Å². The van der Waals surface area contributed by atoms with Gasteiger partial charge in [0.1, 0.15) is 11.5 Å². The summed E-state index contributed by atoms with van der Waals surface area (Å²) >= 11 is 0. The lowest BCUT2D eigenvalue weighted by atomic mass is 10.1. The van der Waals surface area contributed by atoms with Crippen molar-refractivity contribution >= 4 is 11.8 Å². The minimum atomic E-state index is -0.338. The number of carbonyl (C=O) groups is 1. The van der Waals surface area contributed by atoms with Crippen molar-refractivity contribution in [2.24, 2.45) is 10.9 Å². The van der Waals surface area contributed by atoms with Gasteiger partial charge in [0.15, 0.2) is 0 Å². The Kier molecular flexibility index (Phi) is 7.25. The van der Waals surface area contributed by atoms with E-state index in [1.807, 2.05) is 0 Å². The molecule has 0 bridgehead atoms. The van der Waals surface area contributed by atoms with E-state index in [1.165, 1.54) is 0 Å². The molecule has 4 heteroatoms. The van der Waals surface area contributed by atoms with Crippen LogP contribution in [0.4, 0.5) is 0 Å². The number of nitrogens with zero attached hydrogens (tertiary/aromatic N) is 1. The molecular formula is C12H22N2O2. The first kappa shape index (κ1) is 14.7. The predicted octanol–water partition coefficient (Wildman–Crippen LogP) is 2.12. The van der Waals surface area contributed by atoms with Crippen LogP contribution in [-0.4, -0.2) is 25.5 Å². The molecule has 0 spiro atoms. The lowest BCUT2D eigenvalue weighted by Crippen LogP contribution is -2.32. The van der Waals surface area contributed by atoms with Gasteiger partial charge >= 0.3 is 5.97 Å². The number of carbonyl (C=O) groups excluding carboxylic acids is 1. The second kappa shape index (κ2) is 7.91. The Morgan fingerprint density at radius 2 is 2.12 bits per heavy atom. The monoisotopic (exact) mass is 226 g/mol. The number of esters is 1. The van der Waals surface area contributed by atoms with Crippen LogP contribution in [0.3, 0.4) is 0 Å². The van der Waals surface area contributed by atoms with Gasteiger partial charge in [0, 0.05) is 13.0 Å². The SMILES string of the molecule is C/C=C(\NC(=NC)C(C)CC)C(=O)OCC. The molecule has 1 atom stereocenters. The summed E-state index contributed by atoms with van der Waals surface area (Å²) in [5, 5.41) is 3.03. The molecule has 0 aliphatic heterocycles. The van der Waals surface area contributed by atoms with Crippen molar-refractivity contribution in [3.05, 3.63) is 11.8 Å². The first-order valence-electron chi connectivity index (χ1n) is 5.67. The minimum absolute atomic E-state index is 0.300. The van der Waals surface area contributed by atoms with Crippen LogP contribution in [-0.2, 0) is 9.53 Å². The molecule has 4 nitrogen and oxygen atoms in total. The molecule has 0 aliphatic rings. The van der Waals surface area contributed by atoms with E-state index in [-0.39, 0.29) is 5.97 Å². The minimum Gasteiger partial charge on any atom is -0.461 e. The van der Waals surface area contributed by atoms with Crippen LogP contribution in [0.2, 0.25) is 0 Å². The third-order valence-electron chi connectivity index (χ3n) is 2.37. The summed E-state index contributed by atoms with van der Waals surface area (Å²) in [6.45, 7) is 8.10. The highest BCUT2D eigenvalue weighted by atomic mass is 16.5. The summed E-state index contributed by atoms with van der Waals surface area (Å²) < 4.78 is 4.93. The molecule has 0 aromatic rings. The quantitative estimate of drug-likeness (QED) is 0.338. The van der Waals surface area contributed by atoms with Crippen LogP contribution in [0.1, 0.15) is 34.1 Å². The van der Waals surface area contributed by atoms with Crippen molar-refractivity contribution in [3.63, 3.8) is 0 Å². The molecular weight excluding hydrogens is 204 g/mol. The zero-order valence-corrected chi connectivity index (χ0v) is 10.8. The zero-order chi connectivity index (χ0) is 12.6. The van der Waals surface area contributed by atoms with E-state index in [9.17, 15) is 4.79 Å². The van der Waals surface area contributed by atoms with Crippen molar-refractivity contribution < 1.29 is 9.53 Å². The number of nitrogens with one attached hydrogen (secondary N) is 1. The topological polar surface area (TPSA) is 50.7 Å². The van der Waals surface area contributed by atoms with Crippen LogP contribution in [0, 0.1) is 5.92 Å². The maximum absolute atomic E-state index is 11.5. The van der Waals surface area contributed by atoms with Gasteiger partial charge in [-0.1, -0.05) is 19.9 Å². The fourth-order valence-electron chi connectivity index (χ4n) is 1.18. The number of hydrogen-bond acceptors (Lipinski definition) is 3. The van der Waals surface area contributed by atoms with Crippen molar-refractivity contribution in [1.82, 2.24) is 5.32 Å². The van der Waals surface area contributed by atoms with Crippen LogP contribution < -0.4 is 5.32 Å². The Balaban J connectivity index is 4.60. The molecule has 0 amide bonds. The summed E-state index contributed by atoms with van der Waals surface area (Å²) in [5.41, 5.74) is 0.447. The maximum Gasteiger partial charge on any atom is 0.354 e. The molecule has 0 aromatic heterocycles. The summed E-state index contributed by atoms with van der Waals surface area (Å²) in [6, 6.07) is 0. The van der Waals surface area contributed by atoms with Crippen LogP contribution >= 0.6 is 0 Å². The largest absolute Gasteiger partial charge is 0.461 e. The van der Waals surface area contributed by atoms with Crippen LogP contribution in [0.5, 0.6) is 0 Å². The van der Waals surface area contributed by atoms with Crippen molar-refractivity contribution in [1.29, 1.82) is 0 Å². The second-order valence-corrected chi connectivity index (χ2v) is 3.47. The van der Waals surface area contributed by atoms with Gasteiger partial charge < -0.3 is 10.1 Å². The smallest absolute Gasteiger partial charge is 0.354 e. The Morgan fingerprint density at radius 3 is 2.50 bits per heavy atom. The molecule has 0 saturated heterocycles. The summed E-state index contributed by atoms with van der Waals surface area (Å²) in [7, 11) is 1.72. The van der Waals surface area contributed by atoms with Crippen molar-refractivity contribution in [3.8, 4) is 0 Å². The van der Waals surface area contributed by atoms with E-state index in [4.69, 9.17) is 4.74 Å². The lowest BCUT2D eigenvalue weighted by Gasteiger charge is -2.16. The molecule has 0 rings (SSSR count). The standard InChI is InChI=1S/C12H22N2O2/c1-6-9(4)11(13-5)14-10(7-2)12(15)16-8-3/h7,9H,6,8H2,1-5H3,(H,13,14)/b10-7-. The number of ether oxygens (including phenoxy) is 1. The number of rotatable bonds is 5. The van der Waals surface area contributed by atoms with E-state index >= 15 is 0 Å². The van der Waals surface area contributed by atoms with Gasteiger partial charge in [-0.25, -0.2) is 4.79 Å². The van der Waals surface area contributed by atoms with Gasteiger partial charge in [0.2, 0.25) is 0 Å². The molecule has 0 fully saturated rings. The average Bonchev–Trinajstić information content (AvgIpc) is 2.30. The fourth-order valence-corrected chi connectivity index (χ4v) is 1.18. The second-order valence-electron chi connectivity index (χ2n) is 3.47. The summed E-state index contributed by atoms with van der Waals surface area (Å²) in [4.78, 5) is 15.7. The zero-order valence-electron chi connectivity index (χ0n) is 10.8. The van der Waals surface area contributed by atoms with Crippen LogP contribution in [0.15, 0.2) is 16.8 Å². The Bertz CT molecular complexity index is 283. The van der Waals surface area contributed by atoms with Gasteiger partial charge in [0.05, 0.1) is 6.61 Å².